The predicted molar refractivity (Wildman–Crippen MR) is 129 cm³/mol. The number of hydrogen-bond donors (Lipinski definition) is 1. The second-order valence-electron chi connectivity index (χ2n) is 8.14. The zero-order valence-electron chi connectivity index (χ0n) is 18.9. The van der Waals surface area contributed by atoms with Gasteiger partial charge >= 0.3 is 0 Å². The molecular formula is C27H26ClNO5. The van der Waals surface area contributed by atoms with Crippen LogP contribution in [0.25, 0.3) is 5.76 Å². The van der Waals surface area contributed by atoms with E-state index in [1.165, 1.54) is 11.2 Å². The summed E-state index contributed by atoms with van der Waals surface area (Å²) in [6.07, 6.45) is 4.70. The first-order chi connectivity index (χ1) is 16.5. The molecule has 0 radical (unpaired) electrons. The first-order valence-corrected chi connectivity index (χ1v) is 11.7. The first kappa shape index (κ1) is 23.6. The molecule has 7 heteroatoms. The van der Waals surface area contributed by atoms with Crippen LogP contribution in [-0.4, -0.2) is 28.3 Å². The Bertz CT molecular complexity index is 1170. The van der Waals surface area contributed by atoms with Crippen LogP contribution in [0.3, 0.4) is 0 Å². The van der Waals surface area contributed by atoms with Crippen LogP contribution in [0.2, 0.25) is 5.02 Å². The van der Waals surface area contributed by atoms with E-state index in [-0.39, 0.29) is 17.9 Å². The minimum absolute atomic E-state index is 0.0236. The van der Waals surface area contributed by atoms with Gasteiger partial charge in [-0.3, -0.25) is 9.59 Å². The molecule has 1 atom stereocenters. The summed E-state index contributed by atoms with van der Waals surface area (Å²) in [5.74, 6) is -0.447. The summed E-state index contributed by atoms with van der Waals surface area (Å²) in [6, 6.07) is 16.4. The highest BCUT2D eigenvalue weighted by Gasteiger charge is 2.46. The minimum atomic E-state index is -0.782. The number of benzene rings is 2. The van der Waals surface area contributed by atoms with Gasteiger partial charge in [0.15, 0.2) is 0 Å². The Labute approximate surface area is 203 Å². The summed E-state index contributed by atoms with van der Waals surface area (Å²) in [4.78, 5) is 27.5. The van der Waals surface area contributed by atoms with Crippen LogP contribution in [0, 0.1) is 0 Å². The van der Waals surface area contributed by atoms with Gasteiger partial charge in [0.05, 0.1) is 31.0 Å². The molecule has 4 rings (SSSR count). The van der Waals surface area contributed by atoms with E-state index in [1.807, 2.05) is 24.3 Å². The zero-order valence-corrected chi connectivity index (χ0v) is 19.6. The normalized spacial score (nSPS) is 17.4. The van der Waals surface area contributed by atoms with E-state index in [0.29, 0.717) is 34.3 Å². The van der Waals surface area contributed by atoms with Crippen molar-refractivity contribution in [2.75, 3.05) is 6.61 Å². The number of carbonyl (C=O) groups is 2. The van der Waals surface area contributed by atoms with Gasteiger partial charge in [-0.25, -0.2) is 0 Å². The zero-order chi connectivity index (χ0) is 24.1. The Morgan fingerprint density at radius 2 is 1.79 bits per heavy atom. The molecule has 0 bridgehead atoms. The Hall–Kier alpha value is -3.51. The topological polar surface area (TPSA) is 80.0 Å². The van der Waals surface area contributed by atoms with Crippen LogP contribution in [0.1, 0.15) is 49.1 Å². The molecule has 2 heterocycles. The van der Waals surface area contributed by atoms with Gasteiger partial charge in [-0.1, -0.05) is 43.5 Å². The lowest BCUT2D eigenvalue weighted by Gasteiger charge is -2.24. The Kier molecular flexibility index (Phi) is 7.38. The van der Waals surface area contributed by atoms with Crippen LogP contribution in [0.5, 0.6) is 5.75 Å². The van der Waals surface area contributed by atoms with E-state index in [9.17, 15) is 14.7 Å². The van der Waals surface area contributed by atoms with E-state index < -0.39 is 17.7 Å². The Balaban J connectivity index is 1.71. The highest BCUT2D eigenvalue weighted by atomic mass is 35.5. The average Bonchev–Trinajstić information content (AvgIpc) is 3.45. The molecule has 1 N–H and O–H groups in total. The number of amides is 1. The summed E-state index contributed by atoms with van der Waals surface area (Å²) in [5.41, 5.74) is 1.11. The molecule has 1 fully saturated rings. The highest BCUT2D eigenvalue weighted by Crippen LogP contribution is 2.40. The number of unbranched alkanes of at least 4 members (excludes halogenated alkanes) is 2. The number of halogens is 1. The maximum Gasteiger partial charge on any atom is 0.296 e. The fraction of sp³-hybridized carbons (Fsp3) is 0.259. The number of likely N-dealkylation sites (tertiary alicyclic amines) is 1. The molecule has 0 spiro atoms. The molecule has 1 aliphatic heterocycles. The van der Waals surface area contributed by atoms with Crippen LogP contribution < -0.4 is 4.74 Å². The number of aliphatic hydroxyl groups excluding tert-OH is 1. The maximum atomic E-state index is 13.1. The fourth-order valence-electron chi connectivity index (χ4n) is 4.01. The maximum absolute atomic E-state index is 13.1. The van der Waals surface area contributed by atoms with Crippen LogP contribution in [0.4, 0.5) is 0 Å². The van der Waals surface area contributed by atoms with Gasteiger partial charge in [0.1, 0.15) is 17.3 Å². The van der Waals surface area contributed by atoms with Gasteiger partial charge in [0.25, 0.3) is 11.7 Å². The lowest BCUT2D eigenvalue weighted by atomic mass is 9.95. The molecule has 1 saturated heterocycles. The summed E-state index contributed by atoms with van der Waals surface area (Å²) in [6.45, 7) is 2.85. The SMILES string of the molecule is CCCCCOc1ccc(C2C(=C(O)c3ccc(Cl)cc3)C(=O)C(=O)N2Cc2ccco2)cc1. The molecule has 6 nitrogen and oxygen atoms in total. The second-order valence-corrected chi connectivity index (χ2v) is 8.57. The number of ether oxygens (including phenoxy) is 1. The number of hydrogen-bond acceptors (Lipinski definition) is 5. The van der Waals surface area contributed by atoms with Gasteiger partial charge in [-0.15, -0.1) is 0 Å². The summed E-state index contributed by atoms with van der Waals surface area (Å²) in [5, 5.41) is 11.6. The second kappa shape index (κ2) is 10.6. The van der Waals surface area contributed by atoms with Crippen molar-refractivity contribution in [2.24, 2.45) is 0 Å². The van der Waals surface area contributed by atoms with E-state index in [4.69, 9.17) is 20.8 Å². The van der Waals surface area contributed by atoms with Gasteiger partial charge in [-0.05, 0) is 60.5 Å². The van der Waals surface area contributed by atoms with Crippen molar-refractivity contribution in [3.8, 4) is 5.75 Å². The minimum Gasteiger partial charge on any atom is -0.507 e. The number of carbonyl (C=O) groups excluding carboxylic acids is 2. The molecule has 1 unspecified atom stereocenters. The lowest BCUT2D eigenvalue weighted by molar-refractivity contribution is -0.140. The summed E-state index contributed by atoms with van der Waals surface area (Å²) >= 11 is 5.97. The molecule has 1 aliphatic rings. The van der Waals surface area contributed by atoms with Crippen LogP contribution in [0.15, 0.2) is 76.9 Å². The van der Waals surface area contributed by atoms with Crippen molar-refractivity contribution in [1.29, 1.82) is 0 Å². The Morgan fingerprint density at radius 3 is 2.44 bits per heavy atom. The van der Waals surface area contributed by atoms with Crippen LogP contribution >= 0.6 is 11.6 Å². The molecule has 1 aromatic heterocycles. The molecule has 34 heavy (non-hydrogen) atoms. The van der Waals surface area contributed by atoms with E-state index in [1.54, 1.807) is 36.4 Å². The van der Waals surface area contributed by atoms with Gasteiger partial charge in [-0.2, -0.15) is 0 Å². The van der Waals surface area contributed by atoms with Crippen LogP contribution in [-0.2, 0) is 16.1 Å². The third kappa shape index (κ3) is 5.02. The number of rotatable bonds is 9. The molecule has 2 aromatic carbocycles. The molecule has 176 valence electrons. The lowest BCUT2D eigenvalue weighted by Crippen LogP contribution is -2.29. The fourth-order valence-corrected chi connectivity index (χ4v) is 4.14. The standard InChI is InChI=1S/C27H26ClNO5/c1-2-3-4-15-33-21-13-9-18(10-14-21)24-23(25(30)19-7-11-20(28)12-8-19)26(31)27(32)29(24)17-22-6-5-16-34-22/h5-14,16,24,30H,2-4,15,17H2,1H3. The Morgan fingerprint density at radius 1 is 1.06 bits per heavy atom. The number of aliphatic hydroxyl groups is 1. The van der Waals surface area contributed by atoms with Gasteiger partial charge < -0.3 is 19.2 Å². The number of Topliss-reactive ketones (excluding diaryl/α,β-unsaturated/α-hetero) is 1. The van der Waals surface area contributed by atoms with Crippen molar-refractivity contribution in [1.82, 2.24) is 4.90 Å². The van der Waals surface area contributed by atoms with Gasteiger partial charge in [0, 0.05) is 10.6 Å². The molecule has 0 aliphatic carbocycles. The number of ketones is 1. The summed E-state index contributed by atoms with van der Waals surface area (Å²) in [7, 11) is 0. The smallest absolute Gasteiger partial charge is 0.296 e. The van der Waals surface area contributed by atoms with Crippen molar-refractivity contribution >= 4 is 29.1 Å². The van der Waals surface area contributed by atoms with Crippen molar-refractivity contribution in [3.05, 3.63) is 94.4 Å². The highest BCUT2D eigenvalue weighted by molar-refractivity contribution is 6.46. The monoisotopic (exact) mass is 479 g/mol. The van der Waals surface area contributed by atoms with Crippen molar-refractivity contribution in [2.45, 2.75) is 38.8 Å². The molecule has 0 saturated carbocycles. The predicted octanol–water partition coefficient (Wildman–Crippen LogP) is 6.12. The quantitative estimate of drug-likeness (QED) is 0.173. The molecule has 1 amide bonds. The number of furan rings is 1. The third-order valence-electron chi connectivity index (χ3n) is 5.78. The summed E-state index contributed by atoms with van der Waals surface area (Å²) < 4.78 is 11.2. The third-order valence-corrected chi connectivity index (χ3v) is 6.03. The van der Waals surface area contributed by atoms with Gasteiger partial charge in [0.2, 0.25) is 0 Å². The number of nitrogens with zero attached hydrogens (tertiary/aromatic N) is 1. The van der Waals surface area contributed by atoms with E-state index in [2.05, 4.69) is 6.92 Å². The first-order valence-electron chi connectivity index (χ1n) is 11.3. The van der Waals surface area contributed by atoms with E-state index in [0.717, 1.165) is 19.3 Å². The molecule has 3 aromatic rings. The molecular weight excluding hydrogens is 454 g/mol. The largest absolute Gasteiger partial charge is 0.507 e. The van der Waals surface area contributed by atoms with Crippen molar-refractivity contribution in [3.63, 3.8) is 0 Å². The van der Waals surface area contributed by atoms with E-state index >= 15 is 0 Å². The average molecular weight is 480 g/mol. The van der Waals surface area contributed by atoms with Crippen molar-refractivity contribution < 1.29 is 23.8 Å².